The van der Waals surface area contributed by atoms with E-state index in [1.165, 1.54) is 6.07 Å². The van der Waals surface area contributed by atoms with E-state index in [2.05, 4.69) is 14.9 Å². The van der Waals surface area contributed by atoms with Crippen molar-refractivity contribution >= 4 is 40.6 Å². The lowest BCUT2D eigenvalue weighted by atomic mass is 10.0. The molecular weight excluding hydrogens is 484 g/mol. The number of ether oxygens (including phenoxy) is 2. The van der Waals surface area contributed by atoms with Crippen molar-refractivity contribution in [2.45, 2.75) is 32.9 Å². The summed E-state index contributed by atoms with van der Waals surface area (Å²) in [5.74, 6) is 0.338. The standard InChI is InChI=1S/C26H27ClN4O5/c1-26(2,3)36-25(34)31-10-8-30(9-11-31)14-18-19(32)6-4-17-22(33)20(35-23(17)18)12-15-13-28-24-16(15)5-7-21(27)29-24/h4-7,12-13,32H,8-11,14H2,1-3H3,(H,28,29)/b20-12-. The third-order valence-corrected chi connectivity index (χ3v) is 6.36. The van der Waals surface area contributed by atoms with Gasteiger partial charge in [0, 0.05) is 49.9 Å². The Hall–Kier alpha value is -3.56. The molecule has 0 bridgehead atoms. The number of halogens is 1. The summed E-state index contributed by atoms with van der Waals surface area (Å²) in [5, 5.41) is 11.8. The van der Waals surface area contributed by atoms with Crippen LogP contribution in [0.3, 0.4) is 0 Å². The monoisotopic (exact) mass is 510 g/mol. The second kappa shape index (κ2) is 9.15. The van der Waals surface area contributed by atoms with Crippen LogP contribution in [0, 0.1) is 0 Å². The molecule has 4 heterocycles. The molecule has 2 aliphatic rings. The number of aromatic amines is 1. The van der Waals surface area contributed by atoms with E-state index >= 15 is 0 Å². The molecule has 1 fully saturated rings. The number of carbonyl (C=O) groups is 2. The average molecular weight is 511 g/mol. The summed E-state index contributed by atoms with van der Waals surface area (Å²) in [5.41, 5.74) is 1.76. The number of carbonyl (C=O) groups excluding carboxylic acids is 2. The van der Waals surface area contributed by atoms with E-state index in [-0.39, 0.29) is 23.4 Å². The fraction of sp³-hybridized carbons (Fsp3) is 0.346. The van der Waals surface area contributed by atoms with Crippen molar-refractivity contribution in [3.63, 3.8) is 0 Å². The van der Waals surface area contributed by atoms with E-state index in [0.717, 1.165) is 10.9 Å². The first-order valence-electron chi connectivity index (χ1n) is 11.7. The molecule has 3 aromatic rings. The highest BCUT2D eigenvalue weighted by molar-refractivity contribution is 6.29. The number of ketones is 1. The fourth-order valence-electron chi connectivity index (χ4n) is 4.35. The van der Waals surface area contributed by atoms with E-state index in [9.17, 15) is 14.7 Å². The summed E-state index contributed by atoms with van der Waals surface area (Å²) in [6.07, 6.45) is 3.07. The van der Waals surface area contributed by atoms with Gasteiger partial charge in [-0.15, -0.1) is 0 Å². The molecule has 2 N–H and O–H groups in total. The van der Waals surface area contributed by atoms with Crippen LogP contribution in [0.25, 0.3) is 17.1 Å². The van der Waals surface area contributed by atoms with Gasteiger partial charge in [0.05, 0.1) is 11.1 Å². The highest BCUT2D eigenvalue weighted by atomic mass is 35.5. The van der Waals surface area contributed by atoms with E-state index in [1.54, 1.807) is 29.3 Å². The number of aromatic hydroxyl groups is 1. The third kappa shape index (κ3) is 4.76. The van der Waals surface area contributed by atoms with Crippen LogP contribution in [0.4, 0.5) is 4.79 Å². The van der Waals surface area contributed by atoms with Crippen molar-refractivity contribution in [1.29, 1.82) is 0 Å². The maximum atomic E-state index is 13.1. The molecule has 9 nitrogen and oxygen atoms in total. The summed E-state index contributed by atoms with van der Waals surface area (Å²) in [6, 6.07) is 6.61. The van der Waals surface area contributed by atoms with Gasteiger partial charge >= 0.3 is 6.09 Å². The number of rotatable bonds is 3. The Morgan fingerprint density at radius 2 is 1.97 bits per heavy atom. The number of amides is 1. The van der Waals surface area contributed by atoms with Crippen molar-refractivity contribution in [2.75, 3.05) is 26.2 Å². The highest BCUT2D eigenvalue weighted by Crippen LogP contribution is 2.40. The molecule has 36 heavy (non-hydrogen) atoms. The Labute approximate surface area is 213 Å². The summed E-state index contributed by atoms with van der Waals surface area (Å²) < 4.78 is 11.5. The largest absolute Gasteiger partial charge is 0.507 e. The fourth-order valence-corrected chi connectivity index (χ4v) is 4.50. The molecule has 1 aromatic carbocycles. The Morgan fingerprint density at radius 1 is 1.22 bits per heavy atom. The van der Waals surface area contributed by atoms with Gasteiger partial charge in [-0.1, -0.05) is 11.6 Å². The first kappa shape index (κ1) is 24.1. The maximum Gasteiger partial charge on any atom is 0.410 e. The molecule has 1 saturated heterocycles. The number of aromatic nitrogens is 2. The molecule has 0 saturated carbocycles. The topological polar surface area (TPSA) is 108 Å². The molecule has 0 radical (unpaired) electrons. The Bertz CT molecular complexity index is 1380. The number of pyridine rings is 1. The number of benzene rings is 1. The zero-order valence-electron chi connectivity index (χ0n) is 20.3. The number of piperazine rings is 1. The van der Waals surface area contributed by atoms with Gasteiger partial charge in [0.1, 0.15) is 27.9 Å². The highest BCUT2D eigenvalue weighted by Gasteiger charge is 2.33. The van der Waals surface area contributed by atoms with Crippen molar-refractivity contribution in [1.82, 2.24) is 19.8 Å². The molecule has 0 atom stereocenters. The van der Waals surface area contributed by atoms with E-state index < -0.39 is 5.60 Å². The van der Waals surface area contributed by atoms with E-state index in [4.69, 9.17) is 21.1 Å². The zero-order chi connectivity index (χ0) is 25.6. The Balaban J connectivity index is 1.33. The lowest BCUT2D eigenvalue weighted by Gasteiger charge is -2.35. The van der Waals surface area contributed by atoms with E-state index in [1.807, 2.05) is 26.8 Å². The first-order chi connectivity index (χ1) is 17.1. The lowest BCUT2D eigenvalue weighted by Crippen LogP contribution is -2.49. The van der Waals surface area contributed by atoms with Crippen molar-refractivity contribution in [2.24, 2.45) is 0 Å². The predicted molar refractivity (Wildman–Crippen MR) is 135 cm³/mol. The number of phenolic OH excluding ortho intramolecular Hbond substituents is 1. The summed E-state index contributed by atoms with van der Waals surface area (Å²) in [4.78, 5) is 36.5. The number of hydrogen-bond donors (Lipinski definition) is 2. The van der Waals surface area contributed by atoms with Crippen molar-refractivity contribution < 1.29 is 24.2 Å². The van der Waals surface area contributed by atoms with Crippen LogP contribution in [0.15, 0.2) is 36.2 Å². The number of Topliss-reactive ketones (excluding diaryl/α,β-unsaturated/α-hetero) is 1. The molecule has 2 aliphatic heterocycles. The minimum Gasteiger partial charge on any atom is -0.507 e. The molecule has 188 valence electrons. The number of phenols is 1. The third-order valence-electron chi connectivity index (χ3n) is 6.15. The first-order valence-corrected chi connectivity index (χ1v) is 12.1. The maximum absolute atomic E-state index is 13.1. The number of H-pyrrole nitrogens is 1. The van der Waals surface area contributed by atoms with Crippen LogP contribution in [-0.2, 0) is 11.3 Å². The number of nitrogens with zero attached hydrogens (tertiary/aromatic N) is 3. The normalized spacial score (nSPS) is 17.5. The van der Waals surface area contributed by atoms with Crippen molar-refractivity contribution in [3.8, 4) is 11.5 Å². The number of nitrogens with one attached hydrogen (secondary N) is 1. The molecule has 0 aliphatic carbocycles. The number of allylic oxidation sites excluding steroid dienone is 1. The van der Waals surface area contributed by atoms with Gasteiger partial charge in [-0.25, -0.2) is 9.78 Å². The molecule has 0 unspecified atom stereocenters. The summed E-state index contributed by atoms with van der Waals surface area (Å²) >= 11 is 5.96. The molecule has 5 rings (SSSR count). The van der Waals surface area contributed by atoms with Crippen LogP contribution in [0.2, 0.25) is 5.15 Å². The van der Waals surface area contributed by atoms with Crippen LogP contribution < -0.4 is 4.74 Å². The average Bonchev–Trinajstić information content (AvgIpc) is 3.35. The molecule has 2 aromatic heterocycles. The van der Waals surface area contributed by atoms with Crippen LogP contribution in [0.1, 0.15) is 42.3 Å². The zero-order valence-corrected chi connectivity index (χ0v) is 21.1. The van der Waals surface area contributed by atoms with Crippen LogP contribution in [0.5, 0.6) is 11.5 Å². The predicted octanol–water partition coefficient (Wildman–Crippen LogP) is 4.59. The van der Waals surface area contributed by atoms with Crippen LogP contribution >= 0.6 is 11.6 Å². The van der Waals surface area contributed by atoms with Crippen LogP contribution in [-0.4, -0.2) is 68.5 Å². The molecule has 0 spiro atoms. The number of fused-ring (bicyclic) bond motifs is 2. The molecular formula is C26H27ClN4O5. The van der Waals surface area contributed by atoms with Gasteiger partial charge < -0.3 is 24.5 Å². The number of hydrogen-bond acceptors (Lipinski definition) is 7. The van der Waals surface area contributed by atoms with Crippen molar-refractivity contribution in [3.05, 3.63) is 58.1 Å². The second-order valence-electron chi connectivity index (χ2n) is 9.90. The Morgan fingerprint density at radius 3 is 2.69 bits per heavy atom. The smallest absolute Gasteiger partial charge is 0.410 e. The van der Waals surface area contributed by atoms with Gasteiger partial charge in [0.15, 0.2) is 5.76 Å². The van der Waals surface area contributed by atoms with Gasteiger partial charge in [-0.05, 0) is 51.1 Å². The molecule has 1 amide bonds. The second-order valence-corrected chi connectivity index (χ2v) is 10.3. The SMILES string of the molecule is CC(C)(C)OC(=O)N1CCN(Cc2c(O)ccc3c2O/C(=C\c2c[nH]c4nc(Cl)ccc24)C3=O)CC1. The summed E-state index contributed by atoms with van der Waals surface area (Å²) in [7, 11) is 0. The minimum absolute atomic E-state index is 0.0586. The Kier molecular flexibility index (Phi) is 6.13. The minimum atomic E-state index is -0.546. The van der Waals surface area contributed by atoms with Gasteiger partial charge in [-0.2, -0.15) is 0 Å². The van der Waals surface area contributed by atoms with Gasteiger partial charge in [0.25, 0.3) is 0 Å². The van der Waals surface area contributed by atoms with Gasteiger partial charge in [-0.3, -0.25) is 9.69 Å². The van der Waals surface area contributed by atoms with Gasteiger partial charge in [0.2, 0.25) is 5.78 Å². The molecule has 10 heteroatoms. The summed E-state index contributed by atoms with van der Waals surface area (Å²) in [6.45, 7) is 8.13. The van der Waals surface area contributed by atoms with E-state index in [0.29, 0.717) is 60.4 Å². The quantitative estimate of drug-likeness (QED) is 0.392. The lowest BCUT2D eigenvalue weighted by molar-refractivity contribution is 0.0138.